The molecule has 2 saturated heterocycles. The number of nitriles is 1. The molecular formula is C55H60FN11O12. The molecule has 0 bridgehead atoms. The van der Waals surface area contributed by atoms with Gasteiger partial charge >= 0.3 is 0 Å². The number of fused-ring (bicyclic) bond motifs is 1. The van der Waals surface area contributed by atoms with Crippen LogP contribution in [-0.2, 0) is 38.1 Å². The van der Waals surface area contributed by atoms with E-state index in [2.05, 4.69) is 47.2 Å². The molecule has 4 N–H and O–H groups in total. The molecule has 3 aromatic carbocycles. The van der Waals surface area contributed by atoms with E-state index >= 15 is 0 Å². The SMILES string of the molecule is COc1cccc(F)c1-c1nccc(C(=O)Nc2ccc(-c3cnccc3C#N)cc2N2CCN(CC(=O)NCCOCCOCCOCCOCCOCCNc3ccc4c(c3)C(=O)N(C3CCC(=O)NC3=O)C4=O)CC2)n1. The second-order valence-electron chi connectivity index (χ2n) is 18.1. The van der Waals surface area contributed by atoms with Crippen molar-refractivity contribution in [3.8, 4) is 34.3 Å². The van der Waals surface area contributed by atoms with Gasteiger partial charge in [0.1, 0.15) is 23.3 Å². The van der Waals surface area contributed by atoms with Crippen molar-refractivity contribution < 1.29 is 61.6 Å². The van der Waals surface area contributed by atoms with Crippen LogP contribution in [0.4, 0.5) is 21.5 Å². The molecular weight excluding hydrogens is 1030 g/mol. The van der Waals surface area contributed by atoms with E-state index in [-0.39, 0.29) is 59.3 Å². The van der Waals surface area contributed by atoms with Crippen LogP contribution in [0.2, 0.25) is 0 Å². The number of carbonyl (C=O) groups is 6. The van der Waals surface area contributed by atoms with Gasteiger partial charge in [0.05, 0.1) is 119 Å². The van der Waals surface area contributed by atoms with Crippen LogP contribution in [0.25, 0.3) is 22.5 Å². The number of aromatic nitrogens is 3. The summed E-state index contributed by atoms with van der Waals surface area (Å²) < 4.78 is 48.1. The van der Waals surface area contributed by atoms with Crippen molar-refractivity contribution in [1.82, 2.24) is 35.4 Å². The molecule has 0 aliphatic carbocycles. The second kappa shape index (κ2) is 28.4. The van der Waals surface area contributed by atoms with Crippen LogP contribution in [0.3, 0.4) is 0 Å². The van der Waals surface area contributed by atoms with E-state index in [0.29, 0.717) is 134 Å². The molecule has 5 heterocycles. The zero-order valence-electron chi connectivity index (χ0n) is 43.5. The van der Waals surface area contributed by atoms with Gasteiger partial charge in [-0.3, -0.25) is 48.9 Å². The molecule has 1 atom stereocenters. The molecule has 3 aliphatic rings. The summed E-state index contributed by atoms with van der Waals surface area (Å²) in [5.41, 5.74) is 4.05. The van der Waals surface area contributed by atoms with Crippen molar-refractivity contribution >= 4 is 52.5 Å². The lowest BCUT2D eigenvalue weighted by atomic mass is 10.0. The molecule has 23 nitrogen and oxygen atoms in total. The van der Waals surface area contributed by atoms with E-state index in [0.717, 1.165) is 10.5 Å². The van der Waals surface area contributed by atoms with Crippen molar-refractivity contribution in [3.63, 3.8) is 0 Å². The van der Waals surface area contributed by atoms with Gasteiger partial charge in [-0.25, -0.2) is 14.4 Å². The smallest absolute Gasteiger partial charge is 0.274 e. The van der Waals surface area contributed by atoms with Gasteiger partial charge in [0.25, 0.3) is 17.7 Å². The average Bonchev–Trinajstić information content (AvgIpc) is 3.91. The number of methoxy groups -OCH3 is 1. The first-order valence-electron chi connectivity index (χ1n) is 25.7. The van der Waals surface area contributed by atoms with Crippen molar-refractivity contribution in [3.05, 3.63) is 114 Å². The number of ether oxygens (including phenoxy) is 6. The first kappa shape index (κ1) is 56.9. The largest absolute Gasteiger partial charge is 0.496 e. The Morgan fingerprint density at radius 1 is 0.785 bits per heavy atom. The van der Waals surface area contributed by atoms with Gasteiger partial charge in [-0.15, -0.1) is 0 Å². The first-order chi connectivity index (χ1) is 38.5. The maximum Gasteiger partial charge on any atom is 0.274 e. The Labute approximate surface area is 454 Å². The number of pyridine rings is 1. The van der Waals surface area contributed by atoms with Crippen LogP contribution in [0.5, 0.6) is 5.75 Å². The monoisotopic (exact) mass is 1090 g/mol. The van der Waals surface area contributed by atoms with Crippen LogP contribution in [0, 0.1) is 17.1 Å². The summed E-state index contributed by atoms with van der Waals surface area (Å²) in [5, 5.41) is 21.0. The third-order valence-corrected chi connectivity index (χ3v) is 13.0. The second-order valence-corrected chi connectivity index (χ2v) is 18.1. The number of nitrogens with one attached hydrogen (secondary N) is 4. The molecule has 24 heteroatoms. The lowest BCUT2D eigenvalue weighted by Gasteiger charge is -2.36. The third-order valence-electron chi connectivity index (χ3n) is 13.0. The molecule has 0 spiro atoms. The number of hydrogen-bond acceptors (Lipinski definition) is 19. The number of halogens is 1. The minimum Gasteiger partial charge on any atom is -0.496 e. The number of piperazine rings is 1. The van der Waals surface area contributed by atoms with E-state index in [4.69, 9.17) is 28.4 Å². The van der Waals surface area contributed by atoms with Gasteiger partial charge in [0.15, 0.2) is 5.82 Å². The van der Waals surface area contributed by atoms with Gasteiger partial charge in [-0.1, -0.05) is 12.1 Å². The molecule has 0 saturated carbocycles. The molecule has 414 valence electrons. The summed E-state index contributed by atoms with van der Waals surface area (Å²) in [6.45, 7) is 6.77. The Morgan fingerprint density at radius 2 is 1.48 bits per heavy atom. The van der Waals surface area contributed by atoms with Crippen LogP contribution in [0.15, 0.2) is 85.3 Å². The Morgan fingerprint density at radius 3 is 2.18 bits per heavy atom. The van der Waals surface area contributed by atoms with E-state index < -0.39 is 41.4 Å². The highest BCUT2D eigenvalue weighted by atomic mass is 19.1. The van der Waals surface area contributed by atoms with Crippen LogP contribution in [0.1, 0.15) is 49.6 Å². The number of amides is 6. The Bertz CT molecular complexity index is 3040. The third kappa shape index (κ3) is 15.0. The molecule has 5 aromatic rings. The zero-order chi connectivity index (χ0) is 55.5. The summed E-state index contributed by atoms with van der Waals surface area (Å²) in [4.78, 5) is 94.3. The quantitative estimate of drug-likeness (QED) is 0.0413. The molecule has 2 fully saturated rings. The number of hydrogen-bond donors (Lipinski definition) is 4. The van der Waals surface area contributed by atoms with Gasteiger partial charge in [0, 0.05) is 75.5 Å². The van der Waals surface area contributed by atoms with Gasteiger partial charge in [-0.2, -0.15) is 5.26 Å². The van der Waals surface area contributed by atoms with E-state index in [1.807, 2.05) is 11.0 Å². The summed E-state index contributed by atoms with van der Waals surface area (Å²) in [6.07, 6.45) is 4.70. The Hall–Kier alpha value is -8.31. The Balaban J connectivity index is 0.658. The normalized spacial score (nSPS) is 15.4. The lowest BCUT2D eigenvalue weighted by Crippen LogP contribution is -2.54. The summed E-state index contributed by atoms with van der Waals surface area (Å²) in [7, 11) is 1.41. The highest BCUT2D eigenvalue weighted by Crippen LogP contribution is 2.35. The highest BCUT2D eigenvalue weighted by Gasteiger charge is 2.44. The number of anilines is 3. The topological polar surface area (TPSA) is 278 Å². The molecule has 3 aliphatic heterocycles. The highest BCUT2D eigenvalue weighted by molar-refractivity contribution is 6.23. The van der Waals surface area contributed by atoms with Crippen LogP contribution in [-0.4, -0.2) is 185 Å². The minimum atomic E-state index is -1.02. The van der Waals surface area contributed by atoms with Crippen molar-refractivity contribution in [2.45, 2.75) is 18.9 Å². The Kier molecular flexibility index (Phi) is 20.4. The van der Waals surface area contributed by atoms with Crippen molar-refractivity contribution in [2.75, 3.05) is 135 Å². The maximum absolute atomic E-state index is 14.9. The molecule has 8 rings (SSSR count). The maximum atomic E-state index is 14.9. The number of carbonyl (C=O) groups excluding carboxylic acids is 6. The molecule has 79 heavy (non-hydrogen) atoms. The summed E-state index contributed by atoms with van der Waals surface area (Å²) >= 11 is 0. The van der Waals surface area contributed by atoms with Gasteiger partial charge in [-0.05, 0) is 66.6 Å². The number of nitrogens with zero attached hydrogens (tertiary/aromatic N) is 7. The number of imide groups is 2. The van der Waals surface area contributed by atoms with Crippen LogP contribution >= 0.6 is 0 Å². The van der Waals surface area contributed by atoms with Crippen LogP contribution < -0.4 is 30.9 Å². The molecule has 6 amide bonds. The first-order valence-corrected chi connectivity index (χ1v) is 25.7. The number of rotatable bonds is 28. The fourth-order valence-electron chi connectivity index (χ4n) is 8.97. The molecule has 1 unspecified atom stereocenters. The molecule has 2 aromatic heterocycles. The van der Waals surface area contributed by atoms with Gasteiger partial charge in [0.2, 0.25) is 17.7 Å². The van der Waals surface area contributed by atoms with Crippen molar-refractivity contribution in [2.24, 2.45) is 0 Å². The predicted octanol–water partition coefficient (Wildman–Crippen LogP) is 3.31. The zero-order valence-corrected chi connectivity index (χ0v) is 43.5. The number of benzene rings is 3. The van der Waals surface area contributed by atoms with E-state index in [9.17, 15) is 38.4 Å². The predicted molar refractivity (Wildman–Crippen MR) is 284 cm³/mol. The van der Waals surface area contributed by atoms with Crippen molar-refractivity contribution in [1.29, 1.82) is 5.26 Å². The number of piperidine rings is 1. The molecule has 0 radical (unpaired) electrons. The standard InChI is InChI=1S/C55H60FN11O12/c1-74-47-4-2-3-42(56)50(47)51-61-14-12-44(62-51)52(70)63-43-8-5-36(41-34-58-13-11-37(41)33-57)31-46(43)66-19-17-65(18-20-66)35-49(69)60-16-22-76-24-26-78-28-30-79-29-27-77-25-23-75-21-15-59-38-6-7-39-40(32-38)55(73)67(54(39)72)45-9-10-48(68)64-53(45)71/h2-8,11-14,31-32,34,45,59H,9-10,15-30,35H2,1H3,(H,60,69)(H,63,70)(H,64,68,71). The van der Waals surface area contributed by atoms with E-state index in [1.54, 1.807) is 54.9 Å². The fourth-order valence-corrected chi connectivity index (χ4v) is 8.97. The fraction of sp³-hybridized carbons (Fsp3) is 0.382. The summed E-state index contributed by atoms with van der Waals surface area (Å²) in [5.74, 6) is -3.27. The van der Waals surface area contributed by atoms with Gasteiger partial charge < -0.3 is 49.3 Å². The van der Waals surface area contributed by atoms with E-state index in [1.165, 1.54) is 31.5 Å². The minimum absolute atomic E-state index is 0.00754. The summed E-state index contributed by atoms with van der Waals surface area (Å²) in [6, 6.07) is 18.9. The average molecular weight is 1090 g/mol. The lowest BCUT2D eigenvalue weighted by molar-refractivity contribution is -0.136.